The summed E-state index contributed by atoms with van der Waals surface area (Å²) in [6.45, 7) is 10.1. The van der Waals surface area contributed by atoms with E-state index in [4.69, 9.17) is 12.2 Å². The number of hydrogen-bond acceptors (Lipinski definition) is 2. The van der Waals surface area contributed by atoms with Crippen LogP contribution in [0.5, 0.6) is 0 Å². The fourth-order valence-corrected chi connectivity index (χ4v) is 5.87. The van der Waals surface area contributed by atoms with E-state index in [1.807, 2.05) is 0 Å². The molecule has 0 aliphatic heterocycles. The van der Waals surface area contributed by atoms with Crippen molar-refractivity contribution in [2.45, 2.75) is 33.6 Å². The first kappa shape index (κ1) is 23.7. The Bertz CT molecular complexity index is 576. The summed E-state index contributed by atoms with van der Waals surface area (Å²) in [5.41, 5.74) is 2.83. The summed E-state index contributed by atoms with van der Waals surface area (Å²) in [6, 6.07) is 21.4. The molecule has 0 spiro atoms. The predicted octanol–water partition coefficient (Wildman–Crippen LogP) is 5.77. The number of aryl methyl sites for hydroxylation is 2. The first-order chi connectivity index (χ1) is 12.5. The Kier molecular flexibility index (Phi) is 12.6. The molecule has 2 aromatic carbocycles. The number of hydrogen-bond donors (Lipinski definition) is 1. The van der Waals surface area contributed by atoms with Crippen molar-refractivity contribution in [3.63, 3.8) is 0 Å². The summed E-state index contributed by atoms with van der Waals surface area (Å²) < 4.78 is -1.20. The van der Waals surface area contributed by atoms with Crippen molar-refractivity contribution in [2.24, 2.45) is 0 Å². The zero-order valence-corrected chi connectivity index (χ0v) is 20.0. The molecule has 4 heteroatoms. The van der Waals surface area contributed by atoms with Gasteiger partial charge in [0, 0.05) is 0 Å². The molecule has 0 aliphatic rings. The molecule has 144 valence electrons. The van der Waals surface area contributed by atoms with Crippen molar-refractivity contribution in [3.05, 3.63) is 71.8 Å². The Morgan fingerprint density at radius 1 is 0.731 bits per heavy atom. The predicted molar refractivity (Wildman–Crippen MR) is 125 cm³/mol. The van der Waals surface area contributed by atoms with E-state index >= 15 is 0 Å². The van der Waals surface area contributed by atoms with Crippen LogP contribution in [-0.2, 0) is 12.8 Å². The molecule has 0 radical (unpaired) electrons. The zero-order valence-electron chi connectivity index (χ0n) is 16.5. The van der Waals surface area contributed by atoms with E-state index in [0.29, 0.717) is 0 Å². The Labute approximate surface area is 174 Å². The van der Waals surface area contributed by atoms with Crippen molar-refractivity contribution in [1.82, 2.24) is 4.90 Å². The molecule has 0 aromatic heterocycles. The van der Waals surface area contributed by atoms with Gasteiger partial charge in [-0.1, -0.05) is 20.8 Å². The topological polar surface area (TPSA) is 3.24 Å². The summed E-state index contributed by atoms with van der Waals surface area (Å²) in [7, 11) is 0. The molecule has 0 saturated carbocycles. The average Bonchev–Trinajstić information content (AvgIpc) is 2.69. The van der Waals surface area contributed by atoms with Gasteiger partial charge in [-0.05, 0) is 19.6 Å². The van der Waals surface area contributed by atoms with Gasteiger partial charge in [-0.25, -0.2) is 0 Å². The molecule has 1 nitrogen and oxygen atoms in total. The molecule has 2 aromatic rings. The van der Waals surface area contributed by atoms with E-state index in [9.17, 15) is 0 Å². The van der Waals surface area contributed by atoms with E-state index in [1.165, 1.54) is 43.1 Å². The standard InChI is InChI=1S/C16H19PSSe.C6H15N/c18-17(19,13-11-15-7-3-1-4-8-15)14-12-16-9-5-2-6-10-16;1-4-7(5-2)6-3/h1-10H,11-14H2,(H,18,19);4-6H2,1-3H3. The fraction of sp³-hybridized carbons (Fsp3) is 0.455. The summed E-state index contributed by atoms with van der Waals surface area (Å²) in [6.07, 6.45) is 4.60. The molecule has 0 bridgehead atoms. The van der Waals surface area contributed by atoms with Gasteiger partial charge in [-0.15, -0.1) is 0 Å². The first-order valence-corrected chi connectivity index (χ1v) is 15.1. The summed E-state index contributed by atoms with van der Waals surface area (Å²) in [4.78, 5) is 2.38. The van der Waals surface area contributed by atoms with Gasteiger partial charge < -0.3 is 4.90 Å². The van der Waals surface area contributed by atoms with E-state index in [-0.39, 0.29) is 0 Å². The SMILES string of the molecule is CCN(CC)CC.SP(=[Se])(CCc1ccccc1)CCc1ccccc1. The van der Waals surface area contributed by atoms with Crippen molar-refractivity contribution in [3.8, 4) is 0 Å². The van der Waals surface area contributed by atoms with Crippen LogP contribution in [-0.4, -0.2) is 52.0 Å². The summed E-state index contributed by atoms with van der Waals surface area (Å²) in [5.74, 6) is 0. The van der Waals surface area contributed by atoms with Crippen molar-refractivity contribution in [1.29, 1.82) is 0 Å². The number of nitrogens with zero attached hydrogens (tertiary/aromatic N) is 1. The average molecular weight is 455 g/mol. The van der Waals surface area contributed by atoms with E-state index in [1.54, 1.807) is 0 Å². The minimum absolute atomic E-state index is 1.12. The Morgan fingerprint density at radius 2 is 1.08 bits per heavy atom. The quantitative estimate of drug-likeness (QED) is 0.286. The minimum atomic E-state index is -1.20. The van der Waals surface area contributed by atoms with Crippen LogP contribution in [0.1, 0.15) is 31.9 Å². The molecule has 0 fully saturated rings. The van der Waals surface area contributed by atoms with Gasteiger partial charge in [-0.2, -0.15) is 0 Å². The molecule has 0 heterocycles. The second-order valence-corrected chi connectivity index (χ2v) is 17.5. The van der Waals surface area contributed by atoms with Crippen LogP contribution < -0.4 is 0 Å². The Balaban J connectivity index is 0.000000412. The molecule has 0 atom stereocenters. The number of rotatable bonds is 9. The molecule has 2 rings (SSSR count). The van der Waals surface area contributed by atoms with Gasteiger partial charge in [0.2, 0.25) is 0 Å². The molecule has 0 aliphatic carbocycles. The van der Waals surface area contributed by atoms with Gasteiger partial charge in [0.25, 0.3) is 0 Å². The van der Waals surface area contributed by atoms with Gasteiger partial charge in [-0.3, -0.25) is 0 Å². The third-order valence-electron chi connectivity index (χ3n) is 4.53. The first-order valence-electron chi connectivity index (χ1n) is 9.61. The van der Waals surface area contributed by atoms with Gasteiger partial charge >= 0.3 is 129 Å². The molecular weight excluding hydrogens is 420 g/mol. The third-order valence-corrected chi connectivity index (χ3v) is 9.87. The molecule has 0 saturated heterocycles. The Morgan fingerprint density at radius 3 is 1.35 bits per heavy atom. The van der Waals surface area contributed by atoms with Crippen LogP contribution in [0.25, 0.3) is 0 Å². The molecular formula is C22H34NPSSe. The van der Waals surface area contributed by atoms with Gasteiger partial charge in [0.05, 0.1) is 0 Å². The molecule has 0 amide bonds. The van der Waals surface area contributed by atoms with Crippen LogP contribution in [0.2, 0.25) is 0 Å². The summed E-state index contributed by atoms with van der Waals surface area (Å²) >= 11 is 8.27. The molecule has 0 N–H and O–H groups in total. The second kappa shape index (κ2) is 13.8. The number of thiol groups is 1. The van der Waals surface area contributed by atoms with Gasteiger partial charge in [0.1, 0.15) is 0 Å². The van der Waals surface area contributed by atoms with E-state index in [2.05, 4.69) is 101 Å². The van der Waals surface area contributed by atoms with E-state index < -0.39 is 4.71 Å². The van der Waals surface area contributed by atoms with Gasteiger partial charge in [0.15, 0.2) is 0 Å². The molecule has 26 heavy (non-hydrogen) atoms. The van der Waals surface area contributed by atoms with Crippen LogP contribution in [0.4, 0.5) is 0 Å². The van der Waals surface area contributed by atoms with Crippen molar-refractivity contribution < 1.29 is 0 Å². The number of benzene rings is 2. The van der Waals surface area contributed by atoms with Crippen LogP contribution >= 0.6 is 17.0 Å². The summed E-state index contributed by atoms with van der Waals surface area (Å²) in [5, 5.41) is 0. The van der Waals surface area contributed by atoms with Crippen LogP contribution in [0, 0.1) is 0 Å². The molecule has 0 unspecified atom stereocenters. The third kappa shape index (κ3) is 10.8. The van der Waals surface area contributed by atoms with E-state index in [0.717, 1.165) is 12.8 Å². The zero-order chi connectivity index (χ0) is 19.3. The van der Waals surface area contributed by atoms with Crippen molar-refractivity contribution >= 4 is 32.1 Å². The van der Waals surface area contributed by atoms with Crippen molar-refractivity contribution in [2.75, 3.05) is 32.0 Å². The van der Waals surface area contributed by atoms with Crippen LogP contribution in [0.15, 0.2) is 60.7 Å². The Hall–Kier alpha value is -0.301. The maximum atomic E-state index is 4.90. The normalized spacial score (nSPS) is 11.1. The maximum absolute atomic E-state index is 4.90. The fourth-order valence-electron chi connectivity index (χ4n) is 2.68. The van der Waals surface area contributed by atoms with Crippen LogP contribution in [0.3, 0.4) is 0 Å². The monoisotopic (exact) mass is 455 g/mol. The second-order valence-electron chi connectivity index (χ2n) is 6.38.